The van der Waals surface area contributed by atoms with Gasteiger partial charge in [-0.1, -0.05) is 5.92 Å². The van der Waals surface area contributed by atoms with Gasteiger partial charge in [-0.15, -0.1) is 5.92 Å². The predicted octanol–water partition coefficient (Wildman–Crippen LogP) is -2.70. The summed E-state index contributed by atoms with van der Waals surface area (Å²) in [4.78, 5) is 0. The maximum Gasteiger partial charge on any atom is 0.268 e. The van der Waals surface area contributed by atoms with Gasteiger partial charge in [0.25, 0.3) is 22.6 Å². The summed E-state index contributed by atoms with van der Waals surface area (Å²) in [6.07, 6.45) is 0. The van der Waals surface area contributed by atoms with Gasteiger partial charge in [0.2, 0.25) is 0 Å². The highest BCUT2D eigenvalue weighted by Crippen LogP contribution is 1.78. The molecule has 0 bridgehead atoms. The Morgan fingerprint density at radius 1 is 1.40 bits per heavy atom. The SMILES string of the molecule is CC#CCN1BNBNB1. The van der Waals surface area contributed by atoms with Crippen LogP contribution in [0.2, 0.25) is 0 Å². The topological polar surface area (TPSA) is 27.3 Å². The molecule has 0 spiro atoms. The molecule has 0 saturated carbocycles. The molecule has 1 rings (SSSR count). The van der Waals surface area contributed by atoms with Gasteiger partial charge < -0.3 is 15.0 Å². The summed E-state index contributed by atoms with van der Waals surface area (Å²) in [7, 11) is 2.80. The first-order valence-corrected chi connectivity index (χ1v) is 3.47. The lowest BCUT2D eigenvalue weighted by Gasteiger charge is -2.22. The lowest BCUT2D eigenvalue weighted by Crippen LogP contribution is -2.57. The molecule has 0 unspecified atom stereocenters. The first kappa shape index (κ1) is 7.74. The molecule has 6 heteroatoms. The maximum atomic E-state index is 3.19. The van der Waals surface area contributed by atoms with E-state index in [0.29, 0.717) is 0 Å². The molecule has 50 valence electrons. The number of nitrogens with zero attached hydrogens (tertiary/aromatic N) is 1. The van der Waals surface area contributed by atoms with Crippen molar-refractivity contribution in [2.24, 2.45) is 0 Å². The summed E-state index contributed by atoms with van der Waals surface area (Å²) >= 11 is 0. The molecule has 1 aliphatic rings. The molecule has 3 nitrogen and oxygen atoms in total. The van der Waals surface area contributed by atoms with Crippen LogP contribution < -0.4 is 10.3 Å². The summed E-state index contributed by atoms with van der Waals surface area (Å²) in [5.74, 6) is 5.88. The minimum Gasteiger partial charge on any atom is -0.377 e. The second-order valence-corrected chi connectivity index (χ2v) is 2.25. The van der Waals surface area contributed by atoms with Crippen LogP contribution >= 0.6 is 0 Å². The third kappa shape index (κ3) is 2.48. The first-order valence-electron chi connectivity index (χ1n) is 3.47. The predicted molar refractivity (Wildman–Crippen MR) is 47.9 cm³/mol. The Kier molecular flexibility index (Phi) is 3.44. The van der Waals surface area contributed by atoms with E-state index in [1.165, 1.54) is 0 Å². The quantitative estimate of drug-likeness (QED) is 0.301. The lowest BCUT2D eigenvalue weighted by atomic mass is 9.81. The van der Waals surface area contributed by atoms with Crippen LogP contribution in [-0.4, -0.2) is 33.9 Å². The third-order valence-corrected chi connectivity index (χ3v) is 1.40. The third-order valence-electron chi connectivity index (χ3n) is 1.40. The van der Waals surface area contributed by atoms with E-state index in [1.54, 1.807) is 0 Å². The zero-order valence-corrected chi connectivity index (χ0v) is 6.28. The Bertz CT molecular complexity index is 146. The number of hydrogen-bond donors (Lipinski definition) is 2. The molecule has 0 aromatic carbocycles. The first-order chi connectivity index (χ1) is 4.93. The highest BCUT2D eigenvalue weighted by molar-refractivity contribution is 6.65. The monoisotopic (exact) mass is 133 g/mol. The van der Waals surface area contributed by atoms with Gasteiger partial charge in [-0.3, -0.25) is 0 Å². The minimum absolute atomic E-state index is 0.858. The van der Waals surface area contributed by atoms with Crippen LogP contribution in [0.15, 0.2) is 0 Å². The normalized spacial score (nSPS) is 17.3. The van der Waals surface area contributed by atoms with Crippen molar-refractivity contribution in [1.29, 1.82) is 0 Å². The van der Waals surface area contributed by atoms with Crippen molar-refractivity contribution in [1.82, 2.24) is 15.0 Å². The van der Waals surface area contributed by atoms with E-state index in [4.69, 9.17) is 0 Å². The fourth-order valence-corrected chi connectivity index (χ4v) is 0.875. The Balaban J connectivity index is 2.17. The molecule has 0 aromatic rings. The van der Waals surface area contributed by atoms with Crippen LogP contribution in [0, 0.1) is 11.8 Å². The van der Waals surface area contributed by atoms with Crippen LogP contribution in [0.1, 0.15) is 6.92 Å². The summed E-state index contributed by atoms with van der Waals surface area (Å²) in [6, 6.07) is 0. The van der Waals surface area contributed by atoms with Crippen molar-refractivity contribution in [2.75, 3.05) is 6.54 Å². The highest BCUT2D eigenvalue weighted by atomic mass is 15.1. The molecule has 1 heterocycles. The van der Waals surface area contributed by atoms with E-state index in [9.17, 15) is 0 Å². The number of nitrogens with one attached hydrogen (secondary N) is 2. The minimum atomic E-state index is 0.858. The Hall–Kier alpha value is -0.365. The van der Waals surface area contributed by atoms with E-state index in [1.807, 2.05) is 6.92 Å². The molecule has 0 aliphatic carbocycles. The molecule has 10 heavy (non-hydrogen) atoms. The number of rotatable bonds is 1. The van der Waals surface area contributed by atoms with E-state index in [2.05, 4.69) is 26.8 Å². The standard InChI is InChI=1S/C4H10B3N3/c1-2-3-4-10-6-8-5-9-7-10/h5-9H,4H2,1H3. The average Bonchev–Trinajstić information content (AvgIpc) is 2.03. The highest BCUT2D eigenvalue weighted by Gasteiger charge is 2.10. The van der Waals surface area contributed by atoms with E-state index in [0.717, 1.165) is 29.2 Å². The second-order valence-electron chi connectivity index (χ2n) is 2.25. The van der Waals surface area contributed by atoms with E-state index >= 15 is 0 Å². The average molecular weight is 133 g/mol. The van der Waals surface area contributed by atoms with Crippen LogP contribution in [0.5, 0.6) is 0 Å². The van der Waals surface area contributed by atoms with Gasteiger partial charge in [-0.25, -0.2) is 0 Å². The van der Waals surface area contributed by atoms with Gasteiger partial charge in [-0.2, -0.15) is 0 Å². The van der Waals surface area contributed by atoms with Crippen molar-refractivity contribution >= 4 is 22.6 Å². The van der Waals surface area contributed by atoms with Crippen molar-refractivity contribution in [3.63, 3.8) is 0 Å². The molecule has 2 N–H and O–H groups in total. The van der Waals surface area contributed by atoms with Crippen molar-refractivity contribution < 1.29 is 0 Å². The van der Waals surface area contributed by atoms with Crippen molar-refractivity contribution in [2.45, 2.75) is 6.92 Å². The second kappa shape index (κ2) is 4.45. The van der Waals surface area contributed by atoms with Crippen molar-refractivity contribution in [3.05, 3.63) is 0 Å². The largest absolute Gasteiger partial charge is 0.377 e. The fraction of sp³-hybridized carbons (Fsp3) is 0.500. The molecule has 0 amide bonds. The smallest absolute Gasteiger partial charge is 0.268 e. The Morgan fingerprint density at radius 2 is 2.10 bits per heavy atom. The summed E-state index contributed by atoms with van der Waals surface area (Å²) in [5.41, 5.74) is 0. The van der Waals surface area contributed by atoms with Gasteiger partial charge in [0.1, 0.15) is 0 Å². The van der Waals surface area contributed by atoms with Crippen LogP contribution in [0.3, 0.4) is 0 Å². The molecule has 0 atom stereocenters. The number of hydrogen-bond acceptors (Lipinski definition) is 3. The Labute approximate surface area is 63.8 Å². The molecule has 1 saturated heterocycles. The lowest BCUT2D eigenvalue weighted by molar-refractivity contribution is 0.747. The summed E-state index contributed by atoms with van der Waals surface area (Å²) < 4.78 is 2.21. The fourth-order valence-electron chi connectivity index (χ4n) is 0.875. The maximum absolute atomic E-state index is 3.19. The van der Waals surface area contributed by atoms with Gasteiger partial charge in [0.15, 0.2) is 0 Å². The van der Waals surface area contributed by atoms with Crippen LogP contribution in [0.25, 0.3) is 0 Å². The van der Waals surface area contributed by atoms with Crippen molar-refractivity contribution in [3.8, 4) is 11.8 Å². The van der Waals surface area contributed by atoms with Gasteiger partial charge >= 0.3 is 0 Å². The summed E-state index contributed by atoms with van der Waals surface area (Å²) in [5, 5.41) is 6.38. The molecule has 0 radical (unpaired) electrons. The summed E-state index contributed by atoms with van der Waals surface area (Å²) in [6.45, 7) is 2.72. The molecule has 1 aliphatic heterocycles. The Morgan fingerprint density at radius 3 is 2.70 bits per heavy atom. The van der Waals surface area contributed by atoms with Gasteiger partial charge in [0, 0.05) is 6.54 Å². The zero-order valence-electron chi connectivity index (χ0n) is 6.28. The molecular weight excluding hydrogens is 123 g/mol. The molecule has 0 aromatic heterocycles. The molecule has 1 fully saturated rings. The van der Waals surface area contributed by atoms with E-state index < -0.39 is 0 Å². The molecular formula is C4H10B3N3. The van der Waals surface area contributed by atoms with Crippen LogP contribution in [-0.2, 0) is 0 Å². The van der Waals surface area contributed by atoms with Gasteiger partial charge in [0.05, 0.1) is 0 Å². The zero-order chi connectivity index (χ0) is 7.23. The van der Waals surface area contributed by atoms with Gasteiger partial charge in [-0.05, 0) is 6.92 Å². The van der Waals surface area contributed by atoms with E-state index in [-0.39, 0.29) is 0 Å². The van der Waals surface area contributed by atoms with Crippen LogP contribution in [0.4, 0.5) is 0 Å².